The van der Waals surface area contributed by atoms with E-state index < -0.39 is 11.6 Å². The van der Waals surface area contributed by atoms with Crippen LogP contribution in [0, 0.1) is 0 Å². The molecule has 4 aromatic carbocycles. The number of ether oxygens (including phenoxy) is 3. The summed E-state index contributed by atoms with van der Waals surface area (Å²) in [6, 6.07) is 17.0. The Hall–Kier alpha value is -2.53. The zero-order valence-electron chi connectivity index (χ0n) is 17.8. The van der Waals surface area contributed by atoms with Gasteiger partial charge >= 0.3 is 5.97 Å². The summed E-state index contributed by atoms with van der Waals surface area (Å²) < 4.78 is 20.4. The number of carbonyl (C=O) groups excluding carboxylic acids is 1. The number of hydrogen-bond donors (Lipinski definition) is 2. The van der Waals surface area contributed by atoms with Crippen LogP contribution in [0.5, 0.6) is 34.5 Å². The summed E-state index contributed by atoms with van der Waals surface area (Å²) in [6.45, 7) is 0. The van der Waals surface area contributed by atoms with E-state index in [1.54, 1.807) is 36.4 Å². The van der Waals surface area contributed by atoms with Crippen LogP contribution in [0.4, 0.5) is 0 Å². The topological polar surface area (TPSA) is 85.2 Å². The predicted octanol–water partition coefficient (Wildman–Crippen LogP) is 8.51. The zero-order valence-corrected chi connectivity index (χ0v) is 24.2. The lowest BCUT2D eigenvalue weighted by atomic mass is 9.77. The molecule has 0 aromatic heterocycles. The molecule has 6 nitrogen and oxygen atoms in total. The number of carbonyl (C=O) groups is 1. The first-order valence-corrected chi connectivity index (χ1v) is 13.6. The minimum Gasteiger partial charge on any atom is -0.508 e. The standard InChI is InChI=1S/C26H12Br4O6/c27-17-9-15-22(19(29)21(17)32)35-23-16(26(15)14-4-2-1-3-13(14)25(33)36-26)10-18(28)24(20(23)30)34-12-7-5-11(31)6-8-12/h1-10,31-32H. The van der Waals surface area contributed by atoms with Crippen LogP contribution in [0.15, 0.2) is 78.6 Å². The molecular weight excluding hydrogens is 728 g/mol. The van der Waals surface area contributed by atoms with Gasteiger partial charge in [-0.1, -0.05) is 18.2 Å². The maximum atomic E-state index is 13.1. The fourth-order valence-electron chi connectivity index (χ4n) is 4.49. The number of aromatic hydroxyl groups is 2. The normalized spacial score (nSPS) is 17.2. The summed E-state index contributed by atoms with van der Waals surface area (Å²) >= 11 is 14.1. The van der Waals surface area contributed by atoms with Gasteiger partial charge in [0, 0.05) is 5.56 Å². The highest BCUT2D eigenvalue weighted by Gasteiger charge is 2.55. The maximum Gasteiger partial charge on any atom is 0.340 e. The van der Waals surface area contributed by atoms with E-state index in [2.05, 4.69) is 63.7 Å². The van der Waals surface area contributed by atoms with E-state index in [4.69, 9.17) is 14.2 Å². The Morgan fingerprint density at radius 3 is 2.14 bits per heavy atom. The number of phenols is 2. The molecule has 2 aliphatic heterocycles. The summed E-state index contributed by atoms with van der Waals surface area (Å²) in [5.41, 5.74) is 0.840. The maximum absolute atomic E-state index is 13.1. The first-order valence-electron chi connectivity index (χ1n) is 10.4. The largest absolute Gasteiger partial charge is 0.508 e. The van der Waals surface area contributed by atoms with Crippen LogP contribution in [0.1, 0.15) is 27.0 Å². The minimum absolute atomic E-state index is 0.0567. The van der Waals surface area contributed by atoms with Crippen LogP contribution in [-0.4, -0.2) is 16.2 Å². The van der Waals surface area contributed by atoms with Crippen molar-refractivity contribution in [1.82, 2.24) is 0 Å². The predicted molar refractivity (Wildman–Crippen MR) is 145 cm³/mol. The molecular formula is C26H12Br4O6. The second kappa shape index (κ2) is 8.51. The van der Waals surface area contributed by atoms with Crippen LogP contribution in [0.25, 0.3) is 0 Å². The molecule has 0 aliphatic carbocycles. The molecule has 0 fully saturated rings. The second-order valence-electron chi connectivity index (χ2n) is 8.09. The third-order valence-corrected chi connectivity index (χ3v) is 8.72. The molecule has 0 saturated heterocycles. The van der Waals surface area contributed by atoms with Gasteiger partial charge in [0.25, 0.3) is 0 Å². The van der Waals surface area contributed by atoms with Gasteiger partial charge in [-0.2, -0.15) is 0 Å². The van der Waals surface area contributed by atoms with Gasteiger partial charge in [-0.25, -0.2) is 4.79 Å². The molecule has 0 radical (unpaired) electrons. The summed E-state index contributed by atoms with van der Waals surface area (Å²) in [5, 5.41) is 20.2. The molecule has 1 spiro atoms. The average molecular weight is 740 g/mol. The highest BCUT2D eigenvalue weighted by atomic mass is 79.9. The summed E-state index contributed by atoms with van der Waals surface area (Å²) in [6.07, 6.45) is 0. The van der Waals surface area contributed by atoms with Gasteiger partial charge < -0.3 is 24.4 Å². The minimum atomic E-state index is -1.35. The number of phenolic OH excluding ortho intramolecular Hbond substituents is 2. The van der Waals surface area contributed by atoms with Crippen molar-refractivity contribution in [1.29, 1.82) is 0 Å². The van der Waals surface area contributed by atoms with Gasteiger partial charge in [0.2, 0.25) is 0 Å². The molecule has 0 bridgehead atoms. The van der Waals surface area contributed by atoms with E-state index in [9.17, 15) is 15.0 Å². The Balaban J connectivity index is 1.65. The first-order chi connectivity index (χ1) is 17.2. The van der Waals surface area contributed by atoms with Crippen LogP contribution in [-0.2, 0) is 10.3 Å². The summed E-state index contributed by atoms with van der Waals surface area (Å²) in [4.78, 5) is 13.1. The number of fused-ring (bicyclic) bond motifs is 6. The molecule has 2 heterocycles. The van der Waals surface area contributed by atoms with E-state index in [0.717, 1.165) is 0 Å². The monoisotopic (exact) mass is 736 g/mol. The number of esters is 1. The van der Waals surface area contributed by atoms with E-state index in [-0.39, 0.29) is 11.5 Å². The first kappa shape index (κ1) is 23.8. The molecule has 6 rings (SSSR count). The molecule has 10 heteroatoms. The lowest BCUT2D eigenvalue weighted by molar-refractivity contribution is 0.0222. The highest BCUT2D eigenvalue weighted by molar-refractivity contribution is 9.11. The SMILES string of the molecule is O=C1OC2(c3ccccc31)c1cc(Br)c(O)c(Br)c1Oc1c2cc(Br)c(Oc2ccc(O)cc2)c1Br. The number of benzene rings is 4. The van der Waals surface area contributed by atoms with Crippen LogP contribution in [0.3, 0.4) is 0 Å². The molecule has 0 amide bonds. The van der Waals surface area contributed by atoms with Crippen LogP contribution >= 0.6 is 63.7 Å². The smallest absolute Gasteiger partial charge is 0.340 e. The Morgan fingerprint density at radius 1 is 0.778 bits per heavy atom. The molecule has 2 N–H and O–H groups in total. The van der Waals surface area contributed by atoms with Crippen molar-refractivity contribution in [3.8, 4) is 34.5 Å². The van der Waals surface area contributed by atoms with Gasteiger partial charge in [-0.15, -0.1) is 0 Å². The van der Waals surface area contributed by atoms with Crippen molar-refractivity contribution < 1.29 is 29.2 Å². The van der Waals surface area contributed by atoms with Crippen molar-refractivity contribution in [2.75, 3.05) is 0 Å². The molecule has 1 atom stereocenters. The zero-order chi connectivity index (χ0) is 25.4. The van der Waals surface area contributed by atoms with Crippen LogP contribution < -0.4 is 9.47 Å². The number of hydrogen-bond acceptors (Lipinski definition) is 6. The van der Waals surface area contributed by atoms with Crippen molar-refractivity contribution >= 4 is 69.7 Å². The molecule has 36 heavy (non-hydrogen) atoms. The third kappa shape index (κ3) is 3.34. The van der Waals surface area contributed by atoms with Gasteiger partial charge in [0.15, 0.2) is 22.8 Å². The van der Waals surface area contributed by atoms with Gasteiger partial charge in [0.05, 0.1) is 25.6 Å². The lowest BCUT2D eigenvalue weighted by Crippen LogP contribution is -2.33. The third-order valence-electron chi connectivity index (χ3n) is 6.07. The van der Waals surface area contributed by atoms with Gasteiger partial charge in [-0.3, -0.25) is 0 Å². The van der Waals surface area contributed by atoms with Gasteiger partial charge in [0.1, 0.15) is 26.2 Å². The highest BCUT2D eigenvalue weighted by Crippen LogP contribution is 2.62. The number of rotatable bonds is 2. The molecule has 180 valence electrons. The van der Waals surface area contributed by atoms with Crippen molar-refractivity contribution in [3.63, 3.8) is 0 Å². The van der Waals surface area contributed by atoms with E-state index in [0.29, 0.717) is 63.1 Å². The van der Waals surface area contributed by atoms with Crippen molar-refractivity contribution in [2.45, 2.75) is 5.60 Å². The molecule has 4 aromatic rings. The fourth-order valence-corrected chi connectivity index (χ4v) is 7.05. The summed E-state index contributed by atoms with van der Waals surface area (Å²) in [5.74, 6) is 1.14. The fraction of sp³-hybridized carbons (Fsp3) is 0.0385. The van der Waals surface area contributed by atoms with Crippen molar-refractivity contribution in [2.24, 2.45) is 0 Å². The number of halogens is 4. The molecule has 1 unspecified atom stereocenters. The summed E-state index contributed by atoms with van der Waals surface area (Å²) in [7, 11) is 0. The Labute approximate surface area is 238 Å². The molecule has 2 aliphatic rings. The van der Waals surface area contributed by atoms with Crippen molar-refractivity contribution in [3.05, 3.63) is 101 Å². The Morgan fingerprint density at radius 2 is 1.42 bits per heavy atom. The van der Waals surface area contributed by atoms with E-state index in [1.165, 1.54) is 12.1 Å². The van der Waals surface area contributed by atoms with Gasteiger partial charge in [-0.05, 0) is 106 Å². The average Bonchev–Trinajstić information content (AvgIpc) is 3.16. The lowest BCUT2D eigenvalue weighted by Gasteiger charge is -2.38. The Kier molecular flexibility index (Phi) is 5.64. The van der Waals surface area contributed by atoms with Crippen LogP contribution in [0.2, 0.25) is 0 Å². The molecule has 0 saturated carbocycles. The van der Waals surface area contributed by atoms with E-state index in [1.807, 2.05) is 12.1 Å². The van der Waals surface area contributed by atoms with E-state index >= 15 is 0 Å². The Bertz CT molecular complexity index is 1600. The quantitative estimate of drug-likeness (QED) is 0.201. The second-order valence-corrected chi connectivity index (χ2v) is 11.4.